The fourth-order valence-corrected chi connectivity index (χ4v) is 1.91. The predicted molar refractivity (Wildman–Crippen MR) is 78.6 cm³/mol. The van der Waals surface area contributed by atoms with E-state index in [-0.39, 0.29) is 22.2 Å². The van der Waals surface area contributed by atoms with Crippen molar-refractivity contribution in [3.63, 3.8) is 0 Å². The molecule has 0 aliphatic heterocycles. The Labute approximate surface area is 134 Å². The second-order valence-corrected chi connectivity index (χ2v) is 4.69. The lowest BCUT2D eigenvalue weighted by molar-refractivity contribution is -0.118. The number of hydrogen-bond donors (Lipinski definition) is 1. The minimum absolute atomic E-state index is 0.0132. The molecule has 0 saturated heterocycles. The van der Waals surface area contributed by atoms with Gasteiger partial charge < -0.3 is 14.8 Å². The summed E-state index contributed by atoms with van der Waals surface area (Å²) in [5.41, 5.74) is 0.0756. The van der Waals surface area contributed by atoms with Crippen LogP contribution in [0.2, 0.25) is 5.02 Å². The molecule has 0 atom stereocenters. The molecule has 4 nitrogen and oxygen atoms in total. The smallest absolute Gasteiger partial charge is 0.387 e. The molecule has 0 aromatic heterocycles. The van der Waals surface area contributed by atoms with Crippen LogP contribution >= 0.6 is 11.6 Å². The highest BCUT2D eigenvalue weighted by atomic mass is 35.5. The van der Waals surface area contributed by atoms with Crippen molar-refractivity contribution in [2.75, 3.05) is 11.9 Å². The Morgan fingerprint density at radius 3 is 2.61 bits per heavy atom. The molecule has 0 radical (unpaired) electrons. The van der Waals surface area contributed by atoms with Crippen molar-refractivity contribution in [1.82, 2.24) is 0 Å². The standard InChI is InChI=1S/C15H11ClF3NO3/c16-10-7-9(17)5-6-12(10)22-8-14(21)20-11-3-1-2-4-13(11)23-15(18)19/h1-7,15H,8H2,(H,20,21). The summed E-state index contributed by atoms with van der Waals surface area (Å²) in [5.74, 6) is -1.20. The summed E-state index contributed by atoms with van der Waals surface area (Å²) in [6.07, 6.45) is 0. The van der Waals surface area contributed by atoms with Gasteiger partial charge in [0, 0.05) is 0 Å². The van der Waals surface area contributed by atoms with Gasteiger partial charge in [0.2, 0.25) is 0 Å². The van der Waals surface area contributed by atoms with Crippen LogP contribution in [-0.4, -0.2) is 19.1 Å². The van der Waals surface area contributed by atoms with Crippen LogP contribution in [0.3, 0.4) is 0 Å². The average Bonchev–Trinajstić information content (AvgIpc) is 2.48. The van der Waals surface area contributed by atoms with Gasteiger partial charge in [-0.25, -0.2) is 4.39 Å². The van der Waals surface area contributed by atoms with E-state index in [0.29, 0.717) is 0 Å². The van der Waals surface area contributed by atoms with Crippen molar-refractivity contribution in [2.24, 2.45) is 0 Å². The van der Waals surface area contributed by atoms with Gasteiger partial charge in [-0.1, -0.05) is 23.7 Å². The molecule has 2 rings (SSSR count). The number of carbonyl (C=O) groups excluding carboxylic acids is 1. The average molecular weight is 346 g/mol. The molecular formula is C15H11ClF3NO3. The number of benzene rings is 2. The fourth-order valence-electron chi connectivity index (χ4n) is 1.69. The van der Waals surface area contributed by atoms with E-state index in [1.807, 2.05) is 0 Å². The number of hydrogen-bond acceptors (Lipinski definition) is 3. The maximum absolute atomic E-state index is 12.9. The van der Waals surface area contributed by atoms with Crippen LogP contribution in [0.25, 0.3) is 0 Å². The molecule has 0 heterocycles. The topological polar surface area (TPSA) is 47.6 Å². The van der Waals surface area contributed by atoms with Crippen LogP contribution in [0.1, 0.15) is 0 Å². The number of nitrogens with one attached hydrogen (secondary N) is 1. The van der Waals surface area contributed by atoms with Crippen LogP contribution in [0.5, 0.6) is 11.5 Å². The predicted octanol–water partition coefficient (Wildman–Crippen LogP) is 4.10. The zero-order valence-corrected chi connectivity index (χ0v) is 12.3. The van der Waals surface area contributed by atoms with Gasteiger partial charge in [0.15, 0.2) is 6.61 Å². The van der Waals surface area contributed by atoms with Crippen molar-refractivity contribution in [2.45, 2.75) is 6.61 Å². The first-order valence-electron chi connectivity index (χ1n) is 6.37. The third kappa shape index (κ3) is 5.07. The lowest BCUT2D eigenvalue weighted by atomic mass is 10.3. The Bertz CT molecular complexity index is 697. The Morgan fingerprint density at radius 2 is 1.91 bits per heavy atom. The fraction of sp³-hybridized carbons (Fsp3) is 0.133. The monoisotopic (exact) mass is 345 g/mol. The SMILES string of the molecule is O=C(COc1ccc(F)cc1Cl)Nc1ccccc1OC(F)F. The van der Waals surface area contributed by atoms with Gasteiger partial charge >= 0.3 is 6.61 Å². The zero-order valence-electron chi connectivity index (χ0n) is 11.6. The van der Waals surface area contributed by atoms with Crippen LogP contribution < -0.4 is 14.8 Å². The molecule has 0 unspecified atom stereocenters. The van der Waals surface area contributed by atoms with Crippen molar-refractivity contribution in [1.29, 1.82) is 0 Å². The number of alkyl halides is 2. The normalized spacial score (nSPS) is 10.5. The molecule has 0 spiro atoms. The van der Waals surface area contributed by atoms with E-state index in [0.717, 1.165) is 12.1 Å². The Morgan fingerprint density at radius 1 is 1.17 bits per heavy atom. The molecule has 0 saturated carbocycles. The third-order valence-electron chi connectivity index (χ3n) is 2.63. The maximum atomic E-state index is 12.9. The lowest BCUT2D eigenvalue weighted by Crippen LogP contribution is -2.21. The quantitative estimate of drug-likeness (QED) is 0.857. The van der Waals surface area contributed by atoms with Crippen LogP contribution in [0.15, 0.2) is 42.5 Å². The molecule has 0 aliphatic rings. The van der Waals surface area contributed by atoms with E-state index in [4.69, 9.17) is 16.3 Å². The molecule has 1 N–H and O–H groups in total. The summed E-state index contributed by atoms with van der Waals surface area (Å²) in [5, 5.41) is 2.39. The molecule has 122 valence electrons. The van der Waals surface area contributed by atoms with Crippen molar-refractivity contribution >= 4 is 23.2 Å². The molecule has 0 fully saturated rings. The first-order valence-corrected chi connectivity index (χ1v) is 6.75. The molecule has 0 bridgehead atoms. The molecule has 2 aromatic rings. The lowest BCUT2D eigenvalue weighted by Gasteiger charge is -2.12. The first-order chi connectivity index (χ1) is 11.0. The number of carbonyl (C=O) groups is 1. The van der Waals surface area contributed by atoms with Crippen LogP contribution in [-0.2, 0) is 4.79 Å². The summed E-state index contributed by atoms with van der Waals surface area (Å²) in [6, 6.07) is 9.18. The van der Waals surface area contributed by atoms with Gasteiger partial charge in [0.05, 0.1) is 10.7 Å². The Hall–Kier alpha value is -2.41. The largest absolute Gasteiger partial charge is 0.482 e. The maximum Gasteiger partial charge on any atom is 0.387 e. The third-order valence-corrected chi connectivity index (χ3v) is 2.93. The van der Waals surface area contributed by atoms with E-state index in [1.54, 1.807) is 6.07 Å². The minimum Gasteiger partial charge on any atom is -0.482 e. The first kappa shape index (κ1) is 17.0. The van der Waals surface area contributed by atoms with Gasteiger partial charge in [-0.3, -0.25) is 4.79 Å². The van der Waals surface area contributed by atoms with Gasteiger partial charge in [-0.2, -0.15) is 8.78 Å². The number of para-hydroxylation sites is 2. The number of rotatable bonds is 6. The second-order valence-electron chi connectivity index (χ2n) is 4.29. The highest BCUT2D eigenvalue weighted by Crippen LogP contribution is 2.26. The zero-order chi connectivity index (χ0) is 16.8. The molecule has 0 aliphatic carbocycles. The van der Waals surface area contributed by atoms with Crippen molar-refractivity contribution in [3.8, 4) is 11.5 Å². The summed E-state index contributed by atoms with van der Waals surface area (Å²) < 4.78 is 46.9. The molecule has 2 aromatic carbocycles. The minimum atomic E-state index is -3.01. The van der Waals surface area contributed by atoms with E-state index >= 15 is 0 Å². The Kier molecular flexibility index (Phi) is 5.70. The van der Waals surface area contributed by atoms with E-state index in [9.17, 15) is 18.0 Å². The van der Waals surface area contributed by atoms with Gasteiger partial charge in [-0.15, -0.1) is 0 Å². The number of ether oxygens (including phenoxy) is 2. The van der Waals surface area contributed by atoms with Gasteiger partial charge in [-0.05, 0) is 30.3 Å². The highest BCUT2D eigenvalue weighted by Gasteiger charge is 2.12. The van der Waals surface area contributed by atoms with Crippen LogP contribution in [0, 0.1) is 5.82 Å². The molecule has 23 heavy (non-hydrogen) atoms. The van der Waals surface area contributed by atoms with E-state index in [1.165, 1.54) is 24.3 Å². The Balaban J connectivity index is 1.97. The van der Waals surface area contributed by atoms with E-state index in [2.05, 4.69) is 10.1 Å². The molecule has 8 heteroatoms. The summed E-state index contributed by atoms with van der Waals surface area (Å²) in [6.45, 7) is -3.45. The molecular weight excluding hydrogens is 335 g/mol. The van der Waals surface area contributed by atoms with Gasteiger partial charge in [0.1, 0.15) is 17.3 Å². The van der Waals surface area contributed by atoms with Crippen LogP contribution in [0.4, 0.5) is 18.9 Å². The number of amides is 1. The second kappa shape index (κ2) is 7.73. The highest BCUT2D eigenvalue weighted by molar-refractivity contribution is 6.32. The summed E-state index contributed by atoms with van der Waals surface area (Å²) >= 11 is 5.76. The van der Waals surface area contributed by atoms with Crippen molar-refractivity contribution < 1.29 is 27.4 Å². The molecule has 1 amide bonds. The summed E-state index contributed by atoms with van der Waals surface area (Å²) in [4.78, 5) is 11.8. The number of halogens is 4. The van der Waals surface area contributed by atoms with E-state index < -0.39 is 24.9 Å². The number of anilines is 1. The van der Waals surface area contributed by atoms with Gasteiger partial charge in [0.25, 0.3) is 5.91 Å². The van der Waals surface area contributed by atoms with Crippen molar-refractivity contribution in [3.05, 3.63) is 53.3 Å². The summed E-state index contributed by atoms with van der Waals surface area (Å²) in [7, 11) is 0.